The van der Waals surface area contributed by atoms with E-state index in [4.69, 9.17) is 4.74 Å². The first-order chi connectivity index (χ1) is 6.69. The van der Waals surface area contributed by atoms with Gasteiger partial charge in [0.2, 0.25) is 11.7 Å². The Morgan fingerprint density at radius 3 is 2.86 bits per heavy atom. The summed E-state index contributed by atoms with van der Waals surface area (Å²) >= 11 is 0. The summed E-state index contributed by atoms with van der Waals surface area (Å²) in [6, 6.07) is 2.82. The largest absolute Gasteiger partial charge is 0.481 e. The topological polar surface area (TPSA) is 77.3 Å². The molecule has 14 heavy (non-hydrogen) atoms. The Kier molecular flexibility index (Phi) is 3.22. The monoisotopic (exact) mass is 197 g/mol. The van der Waals surface area contributed by atoms with Crippen LogP contribution < -0.4 is 10.1 Å². The number of hydrogen-bond donors (Lipinski definition) is 1. The average molecular weight is 197 g/mol. The molecule has 76 valence electrons. The van der Waals surface area contributed by atoms with Crippen molar-refractivity contribution in [2.75, 3.05) is 19.0 Å². The van der Waals surface area contributed by atoms with Gasteiger partial charge in [-0.1, -0.05) is 0 Å². The van der Waals surface area contributed by atoms with Gasteiger partial charge in [-0.2, -0.15) is 4.98 Å². The number of aromatic nitrogens is 1. The second kappa shape index (κ2) is 4.40. The summed E-state index contributed by atoms with van der Waals surface area (Å²) < 4.78 is 4.86. The molecule has 0 bridgehead atoms. The van der Waals surface area contributed by atoms with E-state index < -0.39 is 4.92 Å². The smallest absolute Gasteiger partial charge is 0.311 e. The van der Waals surface area contributed by atoms with E-state index in [1.165, 1.54) is 19.2 Å². The molecule has 0 aliphatic rings. The Morgan fingerprint density at radius 2 is 2.36 bits per heavy atom. The van der Waals surface area contributed by atoms with Crippen LogP contribution in [-0.4, -0.2) is 23.6 Å². The summed E-state index contributed by atoms with van der Waals surface area (Å²) in [6.45, 7) is 2.41. The Morgan fingerprint density at radius 1 is 1.64 bits per heavy atom. The number of rotatable bonds is 4. The van der Waals surface area contributed by atoms with E-state index in [-0.39, 0.29) is 11.5 Å². The van der Waals surface area contributed by atoms with E-state index in [1.54, 1.807) is 0 Å². The molecule has 6 heteroatoms. The number of methoxy groups -OCH3 is 1. The molecular formula is C8H11N3O3. The van der Waals surface area contributed by atoms with Crippen LogP contribution in [0.25, 0.3) is 0 Å². The Hall–Kier alpha value is -1.85. The highest BCUT2D eigenvalue weighted by Crippen LogP contribution is 2.24. The van der Waals surface area contributed by atoms with E-state index in [1.807, 2.05) is 6.92 Å². The lowest BCUT2D eigenvalue weighted by Crippen LogP contribution is -2.04. The average Bonchev–Trinajstić information content (AvgIpc) is 2.17. The summed E-state index contributed by atoms with van der Waals surface area (Å²) in [5.41, 5.74) is -0.0485. The third-order valence-corrected chi connectivity index (χ3v) is 1.60. The number of nitrogens with zero attached hydrogens (tertiary/aromatic N) is 2. The van der Waals surface area contributed by atoms with E-state index in [2.05, 4.69) is 10.3 Å². The fourth-order valence-corrected chi connectivity index (χ4v) is 0.992. The van der Waals surface area contributed by atoms with Crippen molar-refractivity contribution in [1.82, 2.24) is 4.98 Å². The zero-order chi connectivity index (χ0) is 10.6. The van der Waals surface area contributed by atoms with Gasteiger partial charge in [-0.3, -0.25) is 10.1 Å². The third kappa shape index (κ3) is 2.09. The van der Waals surface area contributed by atoms with Crippen molar-refractivity contribution in [3.63, 3.8) is 0 Å². The molecule has 0 saturated carbocycles. The van der Waals surface area contributed by atoms with Crippen LogP contribution in [0.4, 0.5) is 11.5 Å². The lowest BCUT2D eigenvalue weighted by Gasteiger charge is -2.04. The number of hydrogen-bond acceptors (Lipinski definition) is 5. The quantitative estimate of drug-likeness (QED) is 0.583. The standard InChI is InChI=1S/C8H11N3O3/c1-3-9-8-6(11(12)13)4-5-7(10-8)14-2/h4-5H,3H2,1-2H3,(H,9,10). The summed E-state index contributed by atoms with van der Waals surface area (Å²) in [4.78, 5) is 14.0. The first-order valence-corrected chi connectivity index (χ1v) is 4.12. The molecule has 0 aliphatic carbocycles. The molecule has 0 spiro atoms. The molecule has 0 atom stereocenters. The SMILES string of the molecule is CCNc1nc(OC)ccc1[N+](=O)[O-]. The lowest BCUT2D eigenvalue weighted by atomic mass is 10.4. The van der Waals surface area contributed by atoms with Gasteiger partial charge in [0, 0.05) is 18.7 Å². The number of pyridine rings is 1. The number of ether oxygens (including phenoxy) is 1. The van der Waals surface area contributed by atoms with Crippen LogP contribution in [0.2, 0.25) is 0 Å². The molecule has 0 radical (unpaired) electrons. The molecule has 0 fully saturated rings. The van der Waals surface area contributed by atoms with Crippen molar-refractivity contribution in [3.05, 3.63) is 22.2 Å². The van der Waals surface area contributed by atoms with Gasteiger partial charge in [-0.15, -0.1) is 0 Å². The first kappa shape index (κ1) is 10.2. The number of anilines is 1. The van der Waals surface area contributed by atoms with Crippen LogP contribution >= 0.6 is 0 Å². The highest BCUT2D eigenvalue weighted by Gasteiger charge is 2.15. The van der Waals surface area contributed by atoms with Gasteiger partial charge in [0.15, 0.2) is 0 Å². The van der Waals surface area contributed by atoms with Crippen LogP contribution in [-0.2, 0) is 0 Å². The highest BCUT2D eigenvalue weighted by atomic mass is 16.6. The second-order valence-corrected chi connectivity index (χ2v) is 2.51. The Balaban J connectivity index is 3.10. The van der Waals surface area contributed by atoms with E-state index in [9.17, 15) is 10.1 Å². The van der Waals surface area contributed by atoms with Crippen molar-refractivity contribution >= 4 is 11.5 Å². The molecule has 0 unspecified atom stereocenters. The predicted molar refractivity (Wildman–Crippen MR) is 51.6 cm³/mol. The molecule has 1 N–H and O–H groups in total. The summed E-state index contributed by atoms with van der Waals surface area (Å²) in [5.74, 6) is 0.586. The van der Waals surface area contributed by atoms with Crippen LogP contribution in [0.5, 0.6) is 5.88 Å². The van der Waals surface area contributed by atoms with Crippen LogP contribution in [0.3, 0.4) is 0 Å². The summed E-state index contributed by atoms with van der Waals surface area (Å²) in [6.07, 6.45) is 0. The maximum atomic E-state index is 10.6. The fraction of sp³-hybridized carbons (Fsp3) is 0.375. The van der Waals surface area contributed by atoms with Gasteiger partial charge in [0.05, 0.1) is 12.0 Å². The Labute approximate surface area is 81.1 Å². The van der Waals surface area contributed by atoms with Gasteiger partial charge in [0.1, 0.15) is 0 Å². The van der Waals surface area contributed by atoms with Crippen molar-refractivity contribution in [1.29, 1.82) is 0 Å². The number of nitrogens with one attached hydrogen (secondary N) is 1. The number of nitro groups is 1. The summed E-state index contributed by atoms with van der Waals surface area (Å²) in [7, 11) is 1.46. The minimum absolute atomic E-state index is 0.0485. The lowest BCUT2D eigenvalue weighted by molar-refractivity contribution is -0.384. The molecular weight excluding hydrogens is 186 g/mol. The van der Waals surface area contributed by atoms with Crippen molar-refractivity contribution in [2.45, 2.75) is 6.92 Å². The maximum Gasteiger partial charge on any atom is 0.311 e. The molecule has 0 saturated heterocycles. The third-order valence-electron chi connectivity index (χ3n) is 1.60. The second-order valence-electron chi connectivity index (χ2n) is 2.51. The summed E-state index contributed by atoms with van der Waals surface area (Å²) in [5, 5.41) is 13.4. The van der Waals surface area contributed by atoms with Crippen molar-refractivity contribution < 1.29 is 9.66 Å². The minimum atomic E-state index is -0.482. The van der Waals surface area contributed by atoms with Crippen molar-refractivity contribution in [2.24, 2.45) is 0 Å². The first-order valence-electron chi connectivity index (χ1n) is 4.12. The van der Waals surface area contributed by atoms with Gasteiger partial charge >= 0.3 is 5.69 Å². The van der Waals surface area contributed by atoms with E-state index in [0.717, 1.165) is 0 Å². The van der Waals surface area contributed by atoms with Gasteiger partial charge < -0.3 is 10.1 Å². The van der Waals surface area contributed by atoms with E-state index >= 15 is 0 Å². The molecule has 0 aliphatic heterocycles. The molecule has 1 rings (SSSR count). The molecule has 1 aromatic rings. The predicted octanol–water partition coefficient (Wildman–Crippen LogP) is 1.43. The fourth-order valence-electron chi connectivity index (χ4n) is 0.992. The normalized spacial score (nSPS) is 9.57. The molecule has 0 aromatic carbocycles. The molecule has 1 heterocycles. The minimum Gasteiger partial charge on any atom is -0.481 e. The molecule has 1 aromatic heterocycles. The zero-order valence-corrected chi connectivity index (χ0v) is 7.98. The highest BCUT2D eigenvalue weighted by molar-refractivity contribution is 5.56. The van der Waals surface area contributed by atoms with Crippen LogP contribution in [0, 0.1) is 10.1 Å². The van der Waals surface area contributed by atoms with Crippen LogP contribution in [0.1, 0.15) is 6.92 Å². The van der Waals surface area contributed by atoms with Gasteiger partial charge in [-0.05, 0) is 6.92 Å². The van der Waals surface area contributed by atoms with Gasteiger partial charge in [-0.25, -0.2) is 0 Å². The molecule has 0 amide bonds. The van der Waals surface area contributed by atoms with Crippen LogP contribution in [0.15, 0.2) is 12.1 Å². The van der Waals surface area contributed by atoms with Crippen molar-refractivity contribution in [3.8, 4) is 5.88 Å². The zero-order valence-electron chi connectivity index (χ0n) is 7.98. The molecule has 6 nitrogen and oxygen atoms in total. The van der Waals surface area contributed by atoms with Gasteiger partial charge in [0.25, 0.3) is 0 Å². The van der Waals surface area contributed by atoms with E-state index in [0.29, 0.717) is 12.4 Å². The maximum absolute atomic E-state index is 10.6. The Bertz CT molecular complexity index is 341.